The Morgan fingerprint density at radius 1 is 0.966 bits per heavy atom. The van der Waals surface area contributed by atoms with Crippen LogP contribution >= 0.6 is 46.4 Å². The standard InChI is InChI=1S/C20H15Cl4NO4/c21-15-16(22)20(24)7-19(15,23)11-12(20)14-10-9(13(11)29-14)17(26)25(18(10)27)28-6-8-4-2-1-3-5-8/h1-5,9-14H,6-7H2/t9-,10+,11+,12?,13+,14-,19+,20-/m1/s1. The molecule has 5 aliphatic rings. The Bertz CT molecular complexity index is 932. The summed E-state index contributed by atoms with van der Waals surface area (Å²) in [5.74, 6) is -2.59. The highest BCUT2D eigenvalue weighted by Gasteiger charge is 2.82. The molecule has 0 N–H and O–H groups in total. The number of allylic oxidation sites excluding steroid dienone is 2. The van der Waals surface area contributed by atoms with Crippen LogP contribution in [-0.4, -0.2) is 38.8 Å². The first-order chi connectivity index (χ1) is 13.8. The highest BCUT2D eigenvalue weighted by Crippen LogP contribution is 2.75. The lowest BCUT2D eigenvalue weighted by Gasteiger charge is -2.40. The van der Waals surface area contributed by atoms with Crippen molar-refractivity contribution in [2.24, 2.45) is 23.7 Å². The smallest absolute Gasteiger partial charge is 0.260 e. The molecule has 5 nitrogen and oxygen atoms in total. The molecule has 3 aliphatic heterocycles. The third kappa shape index (κ3) is 2.12. The van der Waals surface area contributed by atoms with E-state index in [1.807, 2.05) is 30.3 Å². The molecule has 2 amide bonds. The van der Waals surface area contributed by atoms with Crippen molar-refractivity contribution in [2.75, 3.05) is 0 Å². The number of halogens is 4. The number of imide groups is 1. The number of hydroxylamine groups is 2. The van der Waals surface area contributed by atoms with E-state index in [2.05, 4.69) is 0 Å². The van der Waals surface area contributed by atoms with Crippen molar-refractivity contribution in [3.63, 3.8) is 0 Å². The van der Waals surface area contributed by atoms with Gasteiger partial charge < -0.3 is 4.74 Å². The van der Waals surface area contributed by atoms with E-state index in [-0.39, 0.29) is 30.3 Å². The minimum absolute atomic E-state index is 0.124. The number of fused-ring (bicyclic) bond motifs is 12. The number of amides is 2. The summed E-state index contributed by atoms with van der Waals surface area (Å²) in [7, 11) is 0. The number of carbonyl (C=O) groups excluding carboxylic acids is 2. The van der Waals surface area contributed by atoms with Crippen molar-refractivity contribution in [1.29, 1.82) is 0 Å². The van der Waals surface area contributed by atoms with Gasteiger partial charge in [0.05, 0.1) is 43.9 Å². The number of benzene rings is 1. The molecule has 8 atom stereocenters. The number of rotatable bonds is 3. The van der Waals surface area contributed by atoms with Crippen LogP contribution in [0.5, 0.6) is 0 Å². The average Bonchev–Trinajstić information content (AvgIpc) is 3.43. The monoisotopic (exact) mass is 473 g/mol. The number of alkyl halides is 2. The maximum absolute atomic E-state index is 13.1. The summed E-state index contributed by atoms with van der Waals surface area (Å²) < 4.78 is 6.13. The third-order valence-corrected chi connectivity index (χ3v) is 9.66. The number of ether oxygens (including phenoxy) is 1. The molecular weight excluding hydrogens is 460 g/mol. The Kier molecular flexibility index (Phi) is 3.85. The lowest BCUT2D eigenvalue weighted by molar-refractivity contribution is -0.196. The first-order valence-corrected chi connectivity index (χ1v) is 10.9. The van der Waals surface area contributed by atoms with Gasteiger partial charge in [0.25, 0.3) is 11.8 Å². The fourth-order valence-corrected chi connectivity index (χ4v) is 8.12. The molecule has 1 saturated carbocycles. The first-order valence-electron chi connectivity index (χ1n) is 9.43. The van der Waals surface area contributed by atoms with Crippen molar-refractivity contribution in [3.05, 3.63) is 46.0 Å². The summed E-state index contributed by atoms with van der Waals surface area (Å²) >= 11 is 26.7. The molecule has 0 radical (unpaired) electrons. The van der Waals surface area contributed by atoms with E-state index >= 15 is 0 Å². The Labute approximate surface area is 186 Å². The second-order valence-electron chi connectivity index (χ2n) is 8.43. The molecule has 152 valence electrons. The van der Waals surface area contributed by atoms with Crippen LogP contribution in [-0.2, 0) is 25.8 Å². The highest BCUT2D eigenvalue weighted by atomic mass is 35.5. The molecule has 2 aliphatic carbocycles. The molecule has 29 heavy (non-hydrogen) atoms. The summed E-state index contributed by atoms with van der Waals surface area (Å²) in [6.07, 6.45) is -0.690. The van der Waals surface area contributed by atoms with E-state index in [0.717, 1.165) is 10.6 Å². The van der Waals surface area contributed by atoms with E-state index in [1.165, 1.54) is 0 Å². The largest absolute Gasteiger partial charge is 0.373 e. The summed E-state index contributed by atoms with van der Waals surface area (Å²) in [6.45, 7) is 0.124. The van der Waals surface area contributed by atoms with Crippen LogP contribution in [0.2, 0.25) is 0 Å². The molecule has 1 aromatic rings. The van der Waals surface area contributed by atoms with Gasteiger partial charge in [-0.3, -0.25) is 14.4 Å². The van der Waals surface area contributed by atoms with Crippen LogP contribution < -0.4 is 0 Å². The molecule has 6 rings (SSSR count). The molecule has 1 unspecified atom stereocenters. The van der Waals surface area contributed by atoms with Gasteiger partial charge in [0.2, 0.25) is 0 Å². The van der Waals surface area contributed by atoms with Gasteiger partial charge in [0.15, 0.2) is 0 Å². The number of hydrogen-bond donors (Lipinski definition) is 0. The molecular formula is C20H15Cl4NO4. The number of nitrogens with zero attached hydrogens (tertiary/aromatic N) is 1. The normalized spacial score (nSPS) is 46.8. The summed E-state index contributed by atoms with van der Waals surface area (Å²) in [5.41, 5.74) is 0.862. The number of carbonyl (C=O) groups is 2. The van der Waals surface area contributed by atoms with Gasteiger partial charge in [-0.1, -0.05) is 53.5 Å². The molecule has 4 bridgehead atoms. The predicted molar refractivity (Wildman–Crippen MR) is 106 cm³/mol. The molecule has 4 fully saturated rings. The minimum atomic E-state index is -0.961. The van der Waals surface area contributed by atoms with Crippen LogP contribution in [0.25, 0.3) is 0 Å². The lowest BCUT2D eigenvalue weighted by atomic mass is 9.65. The Hall–Kier alpha value is -0.820. The van der Waals surface area contributed by atoms with Crippen LogP contribution in [0.15, 0.2) is 40.4 Å². The van der Waals surface area contributed by atoms with Crippen LogP contribution in [0.1, 0.15) is 12.0 Å². The van der Waals surface area contributed by atoms with Gasteiger partial charge in [0, 0.05) is 11.8 Å². The topological polar surface area (TPSA) is 55.8 Å². The summed E-state index contributed by atoms with van der Waals surface area (Å²) in [5, 5.41) is 1.56. The Morgan fingerprint density at radius 3 is 2.00 bits per heavy atom. The SMILES string of the molecule is O=C1[C@H]2[C@@H]3O[C@@H](C4[C@@H]3[C@@]3(Cl)C[C@]4(Cl)C(Cl)=C3Cl)[C@H]2C(=O)N1OCc1ccccc1. The van der Waals surface area contributed by atoms with Crippen molar-refractivity contribution in [2.45, 2.75) is 35.0 Å². The fraction of sp³-hybridized carbons (Fsp3) is 0.500. The van der Waals surface area contributed by atoms with Gasteiger partial charge in [-0.2, -0.15) is 5.06 Å². The minimum Gasteiger partial charge on any atom is -0.373 e. The van der Waals surface area contributed by atoms with Crippen molar-refractivity contribution in [1.82, 2.24) is 5.06 Å². The van der Waals surface area contributed by atoms with Crippen LogP contribution in [0.3, 0.4) is 0 Å². The van der Waals surface area contributed by atoms with Crippen LogP contribution in [0, 0.1) is 23.7 Å². The van der Waals surface area contributed by atoms with Crippen molar-refractivity contribution >= 4 is 58.2 Å². The Balaban J connectivity index is 1.32. The maximum Gasteiger partial charge on any atom is 0.260 e. The maximum atomic E-state index is 13.1. The third-order valence-electron chi connectivity index (χ3n) is 7.17. The fourth-order valence-electron chi connectivity index (χ4n) is 6.11. The van der Waals surface area contributed by atoms with Gasteiger partial charge in [0.1, 0.15) is 6.61 Å². The van der Waals surface area contributed by atoms with E-state index in [4.69, 9.17) is 56.0 Å². The average molecular weight is 475 g/mol. The summed E-state index contributed by atoms with van der Waals surface area (Å²) in [4.78, 5) is 29.9. The van der Waals surface area contributed by atoms with E-state index < -0.39 is 33.8 Å². The molecule has 3 saturated heterocycles. The Morgan fingerprint density at radius 2 is 1.48 bits per heavy atom. The number of hydrogen-bond acceptors (Lipinski definition) is 4. The zero-order valence-corrected chi connectivity index (χ0v) is 17.9. The molecule has 0 aromatic heterocycles. The first kappa shape index (κ1) is 18.9. The van der Waals surface area contributed by atoms with Gasteiger partial charge >= 0.3 is 0 Å². The van der Waals surface area contributed by atoms with Crippen molar-refractivity contribution in [3.8, 4) is 0 Å². The van der Waals surface area contributed by atoms with Gasteiger partial charge in [-0.15, -0.1) is 23.2 Å². The summed E-state index contributed by atoms with van der Waals surface area (Å²) in [6, 6.07) is 9.35. The second-order valence-corrected chi connectivity index (χ2v) is 10.5. The van der Waals surface area contributed by atoms with E-state index in [9.17, 15) is 9.59 Å². The zero-order valence-electron chi connectivity index (χ0n) is 14.9. The highest BCUT2D eigenvalue weighted by molar-refractivity contribution is 6.51. The lowest BCUT2D eigenvalue weighted by Crippen LogP contribution is -2.50. The van der Waals surface area contributed by atoms with Gasteiger partial charge in [-0.05, 0) is 12.0 Å². The van der Waals surface area contributed by atoms with E-state index in [1.54, 1.807) is 0 Å². The van der Waals surface area contributed by atoms with Crippen LogP contribution in [0.4, 0.5) is 0 Å². The second kappa shape index (κ2) is 5.90. The molecule has 3 heterocycles. The molecule has 9 heteroatoms. The van der Waals surface area contributed by atoms with Gasteiger partial charge in [-0.25, -0.2) is 0 Å². The van der Waals surface area contributed by atoms with Crippen molar-refractivity contribution < 1.29 is 19.2 Å². The zero-order chi connectivity index (χ0) is 20.3. The van der Waals surface area contributed by atoms with E-state index in [0.29, 0.717) is 16.5 Å². The molecule has 1 aromatic carbocycles. The predicted octanol–water partition coefficient (Wildman–Crippen LogP) is 3.79. The molecule has 0 spiro atoms. The quantitative estimate of drug-likeness (QED) is 0.494.